The van der Waals surface area contributed by atoms with Crippen LogP contribution in [0.5, 0.6) is 0 Å². The van der Waals surface area contributed by atoms with Gasteiger partial charge in [0.1, 0.15) is 11.6 Å². The highest BCUT2D eigenvalue weighted by Gasteiger charge is 2.35. The average Bonchev–Trinajstić information content (AvgIpc) is 3.24. The van der Waals surface area contributed by atoms with Gasteiger partial charge < -0.3 is 9.88 Å². The number of anilines is 1. The number of aromatic nitrogens is 3. The molecular weight excluding hydrogens is 462 g/mol. The highest BCUT2D eigenvalue weighted by Crippen LogP contribution is 2.45. The Morgan fingerprint density at radius 3 is 2.53 bits per heavy atom. The first-order valence-electron chi connectivity index (χ1n) is 11.4. The fourth-order valence-electron chi connectivity index (χ4n) is 4.96. The second-order valence-electron chi connectivity index (χ2n) is 8.61. The van der Waals surface area contributed by atoms with Gasteiger partial charge in [0.05, 0.1) is 39.7 Å². The predicted octanol–water partition coefficient (Wildman–Crippen LogP) is 5.12. The van der Waals surface area contributed by atoms with Gasteiger partial charge in [0.25, 0.3) is 5.56 Å². The van der Waals surface area contributed by atoms with Gasteiger partial charge in [-0.25, -0.2) is 13.6 Å². The number of rotatable bonds is 4. The fourth-order valence-corrected chi connectivity index (χ4v) is 4.96. The summed E-state index contributed by atoms with van der Waals surface area (Å²) in [5.74, 6) is -1.04. The van der Waals surface area contributed by atoms with Crippen molar-refractivity contribution in [3.05, 3.63) is 123 Å². The van der Waals surface area contributed by atoms with Gasteiger partial charge in [-0.2, -0.15) is 0 Å². The number of para-hydroxylation sites is 2. The molecule has 1 aliphatic rings. The first-order chi connectivity index (χ1) is 17.3. The monoisotopic (exact) mass is 486 g/mol. The van der Waals surface area contributed by atoms with Crippen LogP contribution in [0.25, 0.3) is 22.2 Å². The molecule has 1 N–H and O–H groups in total. The lowest BCUT2D eigenvalue weighted by Gasteiger charge is -2.31. The molecule has 8 heteroatoms. The molecule has 4 aromatic rings. The van der Waals surface area contributed by atoms with Crippen molar-refractivity contribution in [1.29, 1.82) is 0 Å². The zero-order chi connectivity index (χ0) is 25.7. The molecular formula is C28H24F2N4O2. The van der Waals surface area contributed by atoms with Crippen molar-refractivity contribution < 1.29 is 8.78 Å². The number of allylic oxidation sites excluding steroid dienone is 5. The Kier molecular flexibility index (Phi) is 5.59. The van der Waals surface area contributed by atoms with E-state index in [1.807, 2.05) is 24.3 Å². The molecule has 2 aromatic carbocycles. The van der Waals surface area contributed by atoms with Crippen LogP contribution in [-0.2, 0) is 14.1 Å². The molecule has 0 aliphatic carbocycles. The summed E-state index contributed by atoms with van der Waals surface area (Å²) in [7, 11) is 2.96. The van der Waals surface area contributed by atoms with Crippen LogP contribution in [0.1, 0.15) is 29.9 Å². The molecule has 0 fully saturated rings. The van der Waals surface area contributed by atoms with Gasteiger partial charge in [-0.05, 0) is 42.8 Å². The summed E-state index contributed by atoms with van der Waals surface area (Å²) in [6.45, 7) is 5.33. The summed E-state index contributed by atoms with van der Waals surface area (Å²) in [5.41, 5.74) is 2.20. The number of nitrogens with one attached hydrogen (secondary N) is 1. The van der Waals surface area contributed by atoms with Crippen LogP contribution in [0, 0.1) is 5.82 Å². The Balaban J connectivity index is 2.10. The lowest BCUT2D eigenvalue weighted by molar-refractivity contribution is 0.623. The maximum atomic E-state index is 15.4. The van der Waals surface area contributed by atoms with E-state index < -0.39 is 28.9 Å². The third-order valence-electron chi connectivity index (χ3n) is 6.53. The minimum absolute atomic E-state index is 0.147. The number of halogens is 2. The number of benzene rings is 2. The second kappa shape index (κ2) is 8.64. The van der Waals surface area contributed by atoms with Crippen molar-refractivity contribution in [2.24, 2.45) is 14.1 Å². The van der Waals surface area contributed by atoms with E-state index in [1.54, 1.807) is 42.8 Å². The fraction of sp³-hybridized carbons (Fsp3) is 0.143. The Bertz CT molecular complexity index is 1740. The van der Waals surface area contributed by atoms with E-state index in [2.05, 4.69) is 11.9 Å². The van der Waals surface area contributed by atoms with Crippen LogP contribution in [0.4, 0.5) is 14.5 Å². The van der Waals surface area contributed by atoms with Crippen molar-refractivity contribution in [2.45, 2.75) is 13.0 Å². The van der Waals surface area contributed by atoms with Crippen LogP contribution < -0.4 is 16.6 Å². The van der Waals surface area contributed by atoms with Gasteiger partial charge in [-0.3, -0.25) is 13.9 Å². The summed E-state index contributed by atoms with van der Waals surface area (Å²) >= 11 is 0. The number of hydrogen-bond donors (Lipinski definition) is 1. The number of hydrogen-bond acceptors (Lipinski definition) is 3. The molecule has 0 saturated heterocycles. The van der Waals surface area contributed by atoms with Crippen molar-refractivity contribution >= 4 is 22.2 Å². The molecule has 1 unspecified atom stereocenters. The third-order valence-corrected chi connectivity index (χ3v) is 6.53. The lowest BCUT2D eigenvalue weighted by Crippen LogP contribution is -2.37. The molecule has 182 valence electrons. The van der Waals surface area contributed by atoms with Gasteiger partial charge in [-0.15, -0.1) is 0 Å². The van der Waals surface area contributed by atoms with Gasteiger partial charge >= 0.3 is 5.69 Å². The maximum absolute atomic E-state index is 15.4. The Morgan fingerprint density at radius 1 is 1.08 bits per heavy atom. The maximum Gasteiger partial charge on any atom is 0.331 e. The summed E-state index contributed by atoms with van der Waals surface area (Å²) in [5, 5.41) is 3.62. The molecule has 1 atom stereocenters. The number of fused-ring (bicyclic) bond motifs is 5. The lowest BCUT2D eigenvalue weighted by atomic mass is 9.99. The van der Waals surface area contributed by atoms with Crippen molar-refractivity contribution in [3.8, 4) is 5.69 Å². The summed E-state index contributed by atoms with van der Waals surface area (Å²) in [6, 6.07) is 12.9. The Hall–Kier alpha value is -4.46. The summed E-state index contributed by atoms with van der Waals surface area (Å²) in [6.07, 6.45) is 4.34. The van der Waals surface area contributed by atoms with Crippen LogP contribution in [0.15, 0.2) is 88.8 Å². The largest absolute Gasteiger partial charge is 0.371 e. The molecule has 0 radical (unpaired) electrons. The van der Waals surface area contributed by atoms with Crippen LogP contribution in [-0.4, -0.2) is 13.7 Å². The van der Waals surface area contributed by atoms with Crippen molar-refractivity contribution in [2.75, 3.05) is 5.32 Å². The molecule has 0 bridgehead atoms. The predicted molar refractivity (Wildman–Crippen MR) is 139 cm³/mol. The first kappa shape index (κ1) is 23.3. The zero-order valence-electron chi connectivity index (χ0n) is 20.0. The van der Waals surface area contributed by atoms with E-state index in [9.17, 15) is 14.0 Å². The standard InChI is InChI=1S/C28H24F2N4O2/c1-5-10-18(19(30)6-2)24-22-25(32(3)28(36)33(4)27(22)35)26-23(16-11-9-12-17(29)15-16)31-20-13-7-8-14-21(20)34(24)26/h5-15,23,31H,2H2,1,3-4H3/b10-5-,19-18-. The van der Waals surface area contributed by atoms with Gasteiger partial charge in [-0.1, -0.05) is 43.0 Å². The van der Waals surface area contributed by atoms with E-state index >= 15 is 4.39 Å². The first-order valence-corrected chi connectivity index (χ1v) is 11.4. The van der Waals surface area contributed by atoms with E-state index in [1.165, 1.54) is 23.7 Å². The van der Waals surface area contributed by atoms with Crippen LogP contribution in [0.2, 0.25) is 0 Å². The third kappa shape index (κ3) is 3.29. The quantitative estimate of drug-likeness (QED) is 0.407. The zero-order valence-corrected chi connectivity index (χ0v) is 20.0. The van der Waals surface area contributed by atoms with E-state index in [4.69, 9.17) is 0 Å². The van der Waals surface area contributed by atoms with Crippen molar-refractivity contribution in [1.82, 2.24) is 13.7 Å². The second-order valence-corrected chi connectivity index (χ2v) is 8.61. The molecule has 0 spiro atoms. The highest BCUT2D eigenvalue weighted by molar-refractivity contribution is 5.99. The molecule has 2 aromatic heterocycles. The van der Waals surface area contributed by atoms with Gasteiger partial charge in [0, 0.05) is 19.7 Å². The minimum Gasteiger partial charge on any atom is -0.371 e. The number of aryl methyl sites for hydroxylation is 1. The van der Waals surface area contributed by atoms with Crippen LogP contribution >= 0.6 is 0 Å². The van der Waals surface area contributed by atoms with Crippen molar-refractivity contribution in [3.63, 3.8) is 0 Å². The van der Waals surface area contributed by atoms with E-state index in [-0.39, 0.29) is 11.0 Å². The van der Waals surface area contributed by atoms with Gasteiger partial charge in [0.2, 0.25) is 0 Å². The molecule has 6 nitrogen and oxygen atoms in total. The normalized spacial score (nSPS) is 15.4. The average molecular weight is 487 g/mol. The molecule has 3 heterocycles. The Morgan fingerprint density at radius 2 is 1.83 bits per heavy atom. The highest BCUT2D eigenvalue weighted by atomic mass is 19.1. The molecule has 0 amide bonds. The topological polar surface area (TPSA) is 61.0 Å². The summed E-state index contributed by atoms with van der Waals surface area (Å²) in [4.78, 5) is 26.7. The number of nitrogens with zero attached hydrogens (tertiary/aromatic N) is 3. The minimum atomic E-state index is -0.636. The summed E-state index contributed by atoms with van der Waals surface area (Å²) < 4.78 is 33.9. The van der Waals surface area contributed by atoms with E-state index in [0.29, 0.717) is 33.8 Å². The van der Waals surface area contributed by atoms with Crippen LogP contribution in [0.3, 0.4) is 0 Å². The van der Waals surface area contributed by atoms with Gasteiger partial charge in [0.15, 0.2) is 0 Å². The molecule has 0 saturated carbocycles. The van der Waals surface area contributed by atoms with E-state index in [0.717, 1.165) is 10.6 Å². The molecule has 1 aliphatic heterocycles. The Labute approximate surface area is 205 Å². The SMILES string of the molecule is C=C/C(F)=C(\C=C/C)c1c2c(=O)n(C)c(=O)n(C)c2c2n1-c1ccccc1NC2c1cccc(F)c1. The molecule has 5 rings (SSSR count). The smallest absolute Gasteiger partial charge is 0.331 e. The molecule has 36 heavy (non-hydrogen) atoms.